The van der Waals surface area contributed by atoms with Crippen LogP contribution in [0.5, 0.6) is 0 Å². The van der Waals surface area contributed by atoms with E-state index < -0.39 is 0 Å². The van der Waals surface area contributed by atoms with Crippen LogP contribution in [0.15, 0.2) is 28.8 Å². The van der Waals surface area contributed by atoms with Gasteiger partial charge in [0.2, 0.25) is 0 Å². The van der Waals surface area contributed by atoms with Gasteiger partial charge in [0, 0.05) is 23.9 Å². The third kappa shape index (κ3) is 2.89. The van der Waals surface area contributed by atoms with E-state index in [0.29, 0.717) is 0 Å². The molecule has 0 radical (unpaired) electrons. The van der Waals surface area contributed by atoms with Crippen LogP contribution in [0.2, 0.25) is 0 Å². The van der Waals surface area contributed by atoms with E-state index in [1.807, 2.05) is 39.1 Å². The minimum absolute atomic E-state index is 0.0809. The highest BCUT2D eigenvalue weighted by Crippen LogP contribution is 2.29. The van der Waals surface area contributed by atoms with E-state index in [0.717, 1.165) is 34.8 Å². The first-order chi connectivity index (χ1) is 8.06. The number of aromatic nitrogens is 1. The molecule has 0 aliphatic carbocycles. The Morgan fingerprint density at radius 1 is 1.29 bits per heavy atom. The third-order valence-corrected chi connectivity index (χ3v) is 3.17. The maximum absolute atomic E-state index is 6.40. The van der Waals surface area contributed by atoms with Crippen LogP contribution in [0.3, 0.4) is 0 Å². The van der Waals surface area contributed by atoms with E-state index in [-0.39, 0.29) is 5.38 Å². The molecule has 0 N–H and O–H groups in total. The number of alkyl halides is 1. The van der Waals surface area contributed by atoms with Gasteiger partial charge in [0.1, 0.15) is 11.5 Å². The molecule has 2 nitrogen and oxygen atoms in total. The number of nitrogens with zero attached hydrogens (tertiary/aromatic N) is 1. The van der Waals surface area contributed by atoms with Crippen molar-refractivity contribution in [2.45, 2.75) is 32.6 Å². The third-order valence-electron chi connectivity index (χ3n) is 2.78. The van der Waals surface area contributed by atoms with Crippen LogP contribution in [-0.4, -0.2) is 4.98 Å². The van der Waals surface area contributed by atoms with E-state index >= 15 is 0 Å². The molecule has 2 aromatic rings. The van der Waals surface area contributed by atoms with Crippen LogP contribution in [0, 0.1) is 20.8 Å². The van der Waals surface area contributed by atoms with Gasteiger partial charge in [-0.3, -0.25) is 4.98 Å². The van der Waals surface area contributed by atoms with Gasteiger partial charge < -0.3 is 4.42 Å². The number of halogens is 1. The average molecular weight is 250 g/mol. The number of hydrogen-bond donors (Lipinski definition) is 0. The SMILES string of the molecule is Cc1ccc(CC(Cl)c2cc(C)oc2C)nc1. The van der Waals surface area contributed by atoms with E-state index in [2.05, 4.69) is 11.1 Å². The summed E-state index contributed by atoms with van der Waals surface area (Å²) in [4.78, 5) is 4.37. The molecule has 0 saturated heterocycles. The molecule has 1 atom stereocenters. The van der Waals surface area contributed by atoms with Crippen LogP contribution in [0.4, 0.5) is 0 Å². The Bertz CT molecular complexity index is 501. The topological polar surface area (TPSA) is 26.0 Å². The molecule has 0 aromatic carbocycles. The zero-order valence-corrected chi connectivity index (χ0v) is 11.1. The highest BCUT2D eigenvalue weighted by molar-refractivity contribution is 6.21. The van der Waals surface area contributed by atoms with Gasteiger partial charge in [-0.15, -0.1) is 11.6 Å². The molecule has 0 amide bonds. The summed E-state index contributed by atoms with van der Waals surface area (Å²) in [5, 5.41) is -0.0809. The normalized spacial score (nSPS) is 12.7. The van der Waals surface area contributed by atoms with Crippen molar-refractivity contribution in [1.29, 1.82) is 0 Å². The molecule has 3 heteroatoms. The van der Waals surface area contributed by atoms with Crippen LogP contribution < -0.4 is 0 Å². The van der Waals surface area contributed by atoms with Gasteiger partial charge in [-0.05, 0) is 38.5 Å². The number of pyridine rings is 1. The number of rotatable bonds is 3. The van der Waals surface area contributed by atoms with Crippen molar-refractivity contribution in [3.8, 4) is 0 Å². The van der Waals surface area contributed by atoms with E-state index in [1.165, 1.54) is 0 Å². The Morgan fingerprint density at radius 3 is 2.59 bits per heavy atom. The number of aryl methyl sites for hydroxylation is 3. The second kappa shape index (κ2) is 4.92. The summed E-state index contributed by atoms with van der Waals surface area (Å²) in [6.07, 6.45) is 2.59. The molecule has 2 heterocycles. The number of furan rings is 1. The molecule has 2 aromatic heterocycles. The highest BCUT2D eigenvalue weighted by atomic mass is 35.5. The Morgan fingerprint density at radius 2 is 2.06 bits per heavy atom. The first kappa shape index (κ1) is 12.2. The molecule has 0 bridgehead atoms. The molecule has 0 saturated carbocycles. The van der Waals surface area contributed by atoms with Gasteiger partial charge in [-0.2, -0.15) is 0 Å². The van der Waals surface area contributed by atoms with Crippen molar-refractivity contribution in [3.05, 3.63) is 52.7 Å². The van der Waals surface area contributed by atoms with Gasteiger partial charge in [-0.25, -0.2) is 0 Å². The second-order valence-electron chi connectivity index (χ2n) is 4.37. The van der Waals surface area contributed by atoms with Gasteiger partial charge in [0.25, 0.3) is 0 Å². The lowest BCUT2D eigenvalue weighted by Crippen LogP contribution is -1.98. The van der Waals surface area contributed by atoms with Crippen LogP contribution in [0.1, 0.15) is 33.7 Å². The first-order valence-corrected chi connectivity index (χ1v) is 6.12. The lowest BCUT2D eigenvalue weighted by atomic mass is 10.1. The fraction of sp³-hybridized carbons (Fsp3) is 0.357. The molecule has 0 aliphatic heterocycles. The molecule has 0 fully saturated rings. The van der Waals surface area contributed by atoms with Crippen molar-refractivity contribution in [2.24, 2.45) is 0 Å². The quantitative estimate of drug-likeness (QED) is 0.765. The fourth-order valence-corrected chi connectivity index (χ4v) is 2.25. The molecule has 1 unspecified atom stereocenters. The van der Waals surface area contributed by atoms with Crippen LogP contribution in [-0.2, 0) is 6.42 Å². The Labute approximate surface area is 107 Å². The summed E-state index contributed by atoms with van der Waals surface area (Å²) in [7, 11) is 0. The fourth-order valence-electron chi connectivity index (χ4n) is 1.87. The summed E-state index contributed by atoms with van der Waals surface area (Å²) in [6, 6.07) is 6.08. The maximum atomic E-state index is 6.40. The first-order valence-electron chi connectivity index (χ1n) is 5.69. The van der Waals surface area contributed by atoms with Gasteiger partial charge in [0.05, 0.1) is 5.38 Å². The summed E-state index contributed by atoms with van der Waals surface area (Å²) >= 11 is 6.40. The van der Waals surface area contributed by atoms with Gasteiger partial charge >= 0.3 is 0 Å². The predicted molar refractivity (Wildman–Crippen MR) is 69.5 cm³/mol. The van der Waals surface area contributed by atoms with Crippen molar-refractivity contribution in [3.63, 3.8) is 0 Å². The van der Waals surface area contributed by atoms with Crippen molar-refractivity contribution in [1.82, 2.24) is 4.98 Å². The van der Waals surface area contributed by atoms with Crippen molar-refractivity contribution < 1.29 is 4.42 Å². The van der Waals surface area contributed by atoms with Crippen LogP contribution >= 0.6 is 11.6 Å². The molecule has 2 rings (SSSR count). The zero-order chi connectivity index (χ0) is 12.4. The van der Waals surface area contributed by atoms with Gasteiger partial charge in [0.15, 0.2) is 0 Å². The lowest BCUT2D eigenvalue weighted by molar-refractivity contribution is 0.500. The number of hydrogen-bond acceptors (Lipinski definition) is 2. The van der Waals surface area contributed by atoms with E-state index in [9.17, 15) is 0 Å². The molecule has 17 heavy (non-hydrogen) atoms. The Hall–Kier alpha value is -1.28. The Kier molecular flexibility index (Phi) is 3.53. The lowest BCUT2D eigenvalue weighted by Gasteiger charge is -2.07. The summed E-state index contributed by atoms with van der Waals surface area (Å²) in [5.41, 5.74) is 3.23. The minimum atomic E-state index is -0.0809. The highest BCUT2D eigenvalue weighted by Gasteiger charge is 2.15. The summed E-state index contributed by atoms with van der Waals surface area (Å²) in [5.74, 6) is 1.80. The van der Waals surface area contributed by atoms with Crippen LogP contribution in [0.25, 0.3) is 0 Å². The predicted octanol–water partition coefficient (Wildman–Crippen LogP) is 4.12. The van der Waals surface area contributed by atoms with Crippen molar-refractivity contribution >= 4 is 11.6 Å². The molecule has 0 aliphatic rings. The molecular weight excluding hydrogens is 234 g/mol. The summed E-state index contributed by atoms with van der Waals surface area (Å²) in [6.45, 7) is 5.91. The zero-order valence-electron chi connectivity index (χ0n) is 10.3. The Balaban J connectivity index is 2.14. The largest absolute Gasteiger partial charge is 0.466 e. The average Bonchev–Trinajstić information content (AvgIpc) is 2.61. The minimum Gasteiger partial charge on any atom is -0.466 e. The second-order valence-corrected chi connectivity index (χ2v) is 4.89. The molecule has 90 valence electrons. The van der Waals surface area contributed by atoms with E-state index in [4.69, 9.17) is 16.0 Å². The molecule has 0 spiro atoms. The monoisotopic (exact) mass is 249 g/mol. The van der Waals surface area contributed by atoms with Gasteiger partial charge in [-0.1, -0.05) is 6.07 Å². The van der Waals surface area contributed by atoms with E-state index in [1.54, 1.807) is 0 Å². The molecular formula is C14H16ClNO. The standard InChI is InChI=1S/C14H16ClNO/c1-9-4-5-12(16-8-9)7-14(15)13-6-10(2)17-11(13)3/h4-6,8,14H,7H2,1-3H3. The smallest absolute Gasteiger partial charge is 0.105 e. The maximum Gasteiger partial charge on any atom is 0.105 e. The van der Waals surface area contributed by atoms with Crippen molar-refractivity contribution in [2.75, 3.05) is 0 Å². The summed E-state index contributed by atoms with van der Waals surface area (Å²) < 4.78 is 5.49.